The van der Waals surface area contributed by atoms with E-state index in [2.05, 4.69) is 10.1 Å². The molecule has 2 heterocycles. The highest BCUT2D eigenvalue weighted by Crippen LogP contribution is 2.46. The first-order valence-corrected chi connectivity index (χ1v) is 12.9. The summed E-state index contributed by atoms with van der Waals surface area (Å²) >= 11 is 4.98. The molecule has 3 rings (SSSR count). The number of esters is 1. The number of carbonyl (C=O) groups is 1. The molecule has 11 nitrogen and oxygen atoms in total. The average Bonchev–Trinajstić information content (AvgIpc) is 3.11. The summed E-state index contributed by atoms with van der Waals surface area (Å²) in [5.74, 6) is -0.822. The molecule has 1 unspecified atom stereocenters. The number of hydrogen-bond acceptors (Lipinski definition) is 9. The first-order valence-electron chi connectivity index (χ1n) is 12.0. The van der Waals surface area contributed by atoms with Crippen LogP contribution in [0.3, 0.4) is 0 Å². The Bertz CT molecular complexity index is 1310. The molecule has 6 atom stereocenters. The summed E-state index contributed by atoms with van der Waals surface area (Å²) < 4.78 is 67.6. The number of carbonyl (C=O) groups excluding carboxylic acids is 1. The standard InChI is InChI=1S/C22H29FN3O8PS/c1-12(2)32-21(28)14(4)25-35(30,34-15-8-6-5-7-9-15)31-11-16-18(27)17(23)20(33-16)26-10-13(3)19(36)24-22(26)29/h5-10,12,14,16-18,20,27H,11H2,1-4H3,(H,25,30)(H,24,29,36)/t14-,16-,17+,18?,20-,35+/m0/s1/i11D2. The zero-order valence-electron chi connectivity index (χ0n) is 21.9. The Morgan fingerprint density at radius 3 is 2.69 bits per heavy atom. The number of halogens is 1. The van der Waals surface area contributed by atoms with E-state index < -0.39 is 62.7 Å². The van der Waals surface area contributed by atoms with Gasteiger partial charge in [-0.1, -0.05) is 30.4 Å². The molecule has 0 bridgehead atoms. The van der Waals surface area contributed by atoms with Gasteiger partial charge in [-0.15, -0.1) is 0 Å². The molecular weight excluding hydrogens is 516 g/mol. The van der Waals surface area contributed by atoms with Gasteiger partial charge in [0.1, 0.15) is 28.6 Å². The quantitative estimate of drug-likeness (QED) is 0.231. The Morgan fingerprint density at radius 1 is 1.39 bits per heavy atom. The minimum atomic E-state index is -4.76. The Balaban J connectivity index is 1.90. The number of para-hydroxylation sites is 1. The van der Waals surface area contributed by atoms with Gasteiger partial charge in [-0.3, -0.25) is 18.9 Å². The maximum atomic E-state index is 15.1. The summed E-state index contributed by atoms with van der Waals surface area (Å²) in [7, 11) is -4.76. The molecule has 0 radical (unpaired) electrons. The monoisotopic (exact) mass is 547 g/mol. The van der Waals surface area contributed by atoms with Crippen molar-refractivity contribution in [2.75, 3.05) is 6.56 Å². The number of benzene rings is 1. The normalized spacial score (nSPS) is 25.5. The third kappa shape index (κ3) is 6.87. The average molecular weight is 548 g/mol. The van der Waals surface area contributed by atoms with Crippen molar-refractivity contribution in [1.82, 2.24) is 14.6 Å². The number of H-pyrrole nitrogens is 1. The van der Waals surface area contributed by atoms with Crippen LogP contribution in [-0.2, 0) is 23.4 Å². The number of nitrogens with one attached hydrogen (secondary N) is 2. The van der Waals surface area contributed by atoms with Crippen LogP contribution in [0.4, 0.5) is 4.39 Å². The van der Waals surface area contributed by atoms with Crippen molar-refractivity contribution in [1.29, 1.82) is 0 Å². The second-order valence-corrected chi connectivity index (χ2v) is 10.3. The summed E-state index contributed by atoms with van der Waals surface area (Å²) in [4.78, 5) is 27.0. The zero-order valence-corrected chi connectivity index (χ0v) is 21.6. The molecule has 198 valence electrons. The van der Waals surface area contributed by atoms with E-state index >= 15 is 4.39 Å². The first-order chi connectivity index (χ1) is 17.6. The van der Waals surface area contributed by atoms with E-state index in [1.165, 1.54) is 25.3 Å². The van der Waals surface area contributed by atoms with Crippen LogP contribution in [0.5, 0.6) is 5.75 Å². The maximum Gasteiger partial charge on any atom is 0.459 e. The molecule has 3 N–H and O–H groups in total. The Labute approximate surface area is 214 Å². The number of aromatic amines is 1. The molecule has 36 heavy (non-hydrogen) atoms. The molecule has 0 amide bonds. The highest BCUT2D eigenvalue weighted by molar-refractivity contribution is 7.71. The number of alkyl halides is 1. The second kappa shape index (κ2) is 11.8. The van der Waals surface area contributed by atoms with Crippen molar-refractivity contribution in [3.8, 4) is 5.75 Å². The molecule has 0 saturated carbocycles. The highest BCUT2D eigenvalue weighted by Gasteiger charge is 2.47. The van der Waals surface area contributed by atoms with E-state index in [4.69, 9.17) is 33.5 Å². The number of aromatic nitrogens is 2. The number of rotatable bonds is 10. The molecule has 1 aliphatic rings. The number of hydrogen-bond donors (Lipinski definition) is 3. The van der Waals surface area contributed by atoms with Crippen LogP contribution < -0.4 is 15.3 Å². The number of ether oxygens (including phenoxy) is 2. The van der Waals surface area contributed by atoms with Gasteiger partial charge < -0.3 is 19.1 Å². The van der Waals surface area contributed by atoms with Crippen LogP contribution in [0, 0.1) is 11.6 Å². The summed E-state index contributed by atoms with van der Waals surface area (Å²) in [6.45, 7) is 2.91. The molecule has 14 heteroatoms. The van der Waals surface area contributed by atoms with E-state index in [1.807, 2.05) is 0 Å². The molecule has 1 saturated heterocycles. The highest BCUT2D eigenvalue weighted by atomic mass is 32.1. The summed E-state index contributed by atoms with van der Waals surface area (Å²) in [6, 6.07) is 6.29. The lowest BCUT2D eigenvalue weighted by Crippen LogP contribution is -2.37. The van der Waals surface area contributed by atoms with Gasteiger partial charge in [-0.2, -0.15) is 5.09 Å². The van der Waals surface area contributed by atoms with Crippen molar-refractivity contribution < 1.29 is 40.1 Å². The lowest BCUT2D eigenvalue weighted by atomic mass is 10.1. The van der Waals surface area contributed by atoms with Crippen molar-refractivity contribution >= 4 is 25.9 Å². The third-order valence-electron chi connectivity index (χ3n) is 4.93. The fourth-order valence-corrected chi connectivity index (χ4v) is 4.67. The second-order valence-electron chi connectivity index (χ2n) is 8.31. The summed E-state index contributed by atoms with van der Waals surface area (Å²) in [6.07, 6.45) is -7.52. The molecular formula is C22H29FN3O8PS. The van der Waals surface area contributed by atoms with Gasteiger partial charge in [0, 0.05) is 11.8 Å². The number of nitrogens with zero attached hydrogens (tertiary/aromatic N) is 1. The number of aliphatic hydroxyl groups excluding tert-OH is 1. The minimum Gasteiger partial charge on any atom is -0.462 e. The Kier molecular flexibility index (Phi) is 8.25. The fourth-order valence-electron chi connectivity index (χ4n) is 3.17. The van der Waals surface area contributed by atoms with Crippen molar-refractivity contribution in [2.24, 2.45) is 0 Å². The fraction of sp³-hybridized carbons (Fsp3) is 0.500. The van der Waals surface area contributed by atoms with Crippen molar-refractivity contribution in [3.63, 3.8) is 0 Å². The first kappa shape index (κ1) is 25.2. The van der Waals surface area contributed by atoms with Gasteiger partial charge in [-0.25, -0.2) is 13.8 Å². The van der Waals surface area contributed by atoms with Gasteiger partial charge in [-0.05, 0) is 39.8 Å². The van der Waals surface area contributed by atoms with Crippen molar-refractivity contribution in [2.45, 2.75) is 64.4 Å². The molecule has 0 spiro atoms. The number of aliphatic hydroxyl groups is 1. The van der Waals surface area contributed by atoms with Crippen LogP contribution >= 0.6 is 20.0 Å². The van der Waals surface area contributed by atoms with Gasteiger partial charge in [0.15, 0.2) is 12.4 Å². The maximum absolute atomic E-state index is 15.1. The van der Waals surface area contributed by atoms with E-state index in [0.29, 0.717) is 5.56 Å². The SMILES string of the molecule is [2H]C([2H])(O[P@](=O)(N[C@@H](C)C(=O)OC(C)C)Oc1ccccc1)[C@@H]1O[C@H](n2cc(C)c(=S)[nH]c2=O)[C@H](F)C1O. The third-order valence-corrected chi connectivity index (χ3v) is 6.85. The van der Waals surface area contributed by atoms with Gasteiger partial charge in [0.25, 0.3) is 0 Å². The molecule has 1 aliphatic heterocycles. The molecule has 1 aromatic carbocycles. The summed E-state index contributed by atoms with van der Waals surface area (Å²) in [5.41, 5.74) is -0.445. The summed E-state index contributed by atoms with van der Waals surface area (Å²) in [5, 5.41) is 12.8. The molecule has 1 fully saturated rings. The lowest BCUT2D eigenvalue weighted by Gasteiger charge is -2.25. The van der Waals surface area contributed by atoms with Crippen LogP contribution in [0.2, 0.25) is 0 Å². The van der Waals surface area contributed by atoms with E-state index in [-0.39, 0.29) is 10.4 Å². The van der Waals surface area contributed by atoms with Gasteiger partial charge in [0.05, 0.1) is 15.4 Å². The predicted molar refractivity (Wildman–Crippen MR) is 130 cm³/mol. The Morgan fingerprint density at radius 2 is 2.06 bits per heavy atom. The molecule has 0 aliphatic carbocycles. The van der Waals surface area contributed by atoms with Crippen LogP contribution in [0.25, 0.3) is 0 Å². The topological polar surface area (TPSA) is 141 Å². The van der Waals surface area contributed by atoms with Gasteiger partial charge >= 0.3 is 19.4 Å². The smallest absolute Gasteiger partial charge is 0.459 e. The minimum absolute atomic E-state index is 0.000683. The van der Waals surface area contributed by atoms with E-state index in [1.54, 1.807) is 39.0 Å². The van der Waals surface area contributed by atoms with Gasteiger partial charge in [0.2, 0.25) is 0 Å². The van der Waals surface area contributed by atoms with E-state index in [9.17, 15) is 19.3 Å². The van der Waals surface area contributed by atoms with E-state index in [0.717, 1.165) is 4.57 Å². The number of aryl methyl sites for hydroxylation is 1. The molecule has 1 aromatic heterocycles. The van der Waals surface area contributed by atoms with Crippen LogP contribution in [0.15, 0.2) is 41.3 Å². The van der Waals surface area contributed by atoms with Crippen molar-refractivity contribution in [3.05, 3.63) is 57.2 Å². The zero-order chi connectivity index (χ0) is 28.4. The molecule has 2 aromatic rings. The predicted octanol–water partition coefficient (Wildman–Crippen LogP) is 2.94. The van der Waals surface area contributed by atoms with Crippen LogP contribution in [0.1, 0.15) is 35.3 Å². The Hall–Kier alpha value is -2.41. The van der Waals surface area contributed by atoms with Crippen LogP contribution in [-0.4, -0.2) is 57.7 Å². The largest absolute Gasteiger partial charge is 0.462 e. The lowest BCUT2D eigenvalue weighted by molar-refractivity contribution is -0.149.